The number of rotatable bonds is 9. The molecule has 0 atom stereocenters. The van der Waals surface area contributed by atoms with Crippen molar-refractivity contribution in [3.63, 3.8) is 0 Å². The summed E-state index contributed by atoms with van der Waals surface area (Å²) in [7, 11) is 0. The van der Waals surface area contributed by atoms with Crippen molar-refractivity contribution in [2.24, 2.45) is 0 Å². The molecule has 3 rings (SSSR count). The van der Waals surface area contributed by atoms with Crippen LogP contribution in [0.3, 0.4) is 0 Å². The van der Waals surface area contributed by atoms with Crippen LogP contribution in [0.2, 0.25) is 0 Å². The third kappa shape index (κ3) is 6.61. The molecule has 27 heavy (non-hydrogen) atoms. The first-order valence-electron chi connectivity index (χ1n) is 9.43. The van der Waals surface area contributed by atoms with E-state index >= 15 is 0 Å². The van der Waals surface area contributed by atoms with E-state index in [1.807, 2.05) is 24.4 Å². The van der Waals surface area contributed by atoms with Crippen LogP contribution in [0.5, 0.6) is 5.75 Å². The maximum Gasteiger partial charge on any atom is 0.251 e. The average Bonchev–Trinajstić information content (AvgIpc) is 3.12. The Morgan fingerprint density at radius 2 is 2.04 bits per heavy atom. The third-order valence-corrected chi connectivity index (χ3v) is 5.28. The molecule has 2 heterocycles. The Labute approximate surface area is 164 Å². The summed E-state index contributed by atoms with van der Waals surface area (Å²) in [6, 6.07) is 7.24. The number of hydrogen-bond donors (Lipinski definition) is 1. The molecule has 1 aliphatic rings. The molecule has 6 nitrogen and oxygen atoms in total. The number of thiazole rings is 1. The van der Waals surface area contributed by atoms with Gasteiger partial charge in [0.25, 0.3) is 5.91 Å². The molecule has 1 amide bonds. The van der Waals surface area contributed by atoms with Gasteiger partial charge in [-0.15, -0.1) is 11.3 Å². The molecule has 1 aromatic carbocycles. The van der Waals surface area contributed by atoms with E-state index in [4.69, 9.17) is 9.47 Å². The number of morpholine rings is 1. The fourth-order valence-electron chi connectivity index (χ4n) is 2.92. The summed E-state index contributed by atoms with van der Waals surface area (Å²) >= 11 is 1.61. The Balaban J connectivity index is 1.33. The Morgan fingerprint density at radius 3 is 2.74 bits per heavy atom. The number of benzene rings is 1. The van der Waals surface area contributed by atoms with Gasteiger partial charge in [-0.05, 0) is 50.6 Å². The Bertz CT molecular complexity index is 712. The Morgan fingerprint density at radius 1 is 1.26 bits per heavy atom. The van der Waals surface area contributed by atoms with Crippen molar-refractivity contribution in [3.8, 4) is 5.75 Å². The second-order valence-electron chi connectivity index (χ2n) is 6.59. The van der Waals surface area contributed by atoms with Crippen LogP contribution in [0.25, 0.3) is 0 Å². The zero-order valence-electron chi connectivity index (χ0n) is 15.8. The molecular weight excluding hydrogens is 362 g/mol. The largest absolute Gasteiger partial charge is 0.487 e. The van der Waals surface area contributed by atoms with E-state index in [1.54, 1.807) is 23.5 Å². The molecule has 1 N–H and O–H groups in total. The van der Waals surface area contributed by atoms with Crippen molar-refractivity contribution in [3.05, 3.63) is 45.9 Å². The monoisotopic (exact) mass is 389 g/mol. The minimum atomic E-state index is -0.0388. The second-order valence-corrected chi connectivity index (χ2v) is 7.65. The smallest absolute Gasteiger partial charge is 0.251 e. The molecule has 0 saturated carbocycles. The lowest BCUT2D eigenvalue weighted by atomic mass is 10.2. The summed E-state index contributed by atoms with van der Waals surface area (Å²) in [6.45, 7) is 7.89. The Hall–Kier alpha value is -1.96. The molecule has 1 aliphatic heterocycles. The van der Waals surface area contributed by atoms with E-state index in [0.717, 1.165) is 62.1 Å². The first-order chi connectivity index (χ1) is 13.2. The number of ether oxygens (including phenoxy) is 2. The number of aromatic nitrogens is 1. The van der Waals surface area contributed by atoms with Crippen LogP contribution >= 0.6 is 11.3 Å². The molecule has 0 spiro atoms. The first kappa shape index (κ1) is 19.8. The number of nitrogens with one attached hydrogen (secondary N) is 1. The van der Waals surface area contributed by atoms with E-state index < -0.39 is 0 Å². The summed E-state index contributed by atoms with van der Waals surface area (Å²) in [6.07, 6.45) is 2.07. The van der Waals surface area contributed by atoms with Crippen molar-refractivity contribution in [1.82, 2.24) is 15.2 Å². The molecular formula is C20H27N3O3S. The summed E-state index contributed by atoms with van der Waals surface area (Å²) in [5.41, 5.74) is 1.58. The number of hydrogen-bond acceptors (Lipinski definition) is 6. The lowest BCUT2D eigenvalue weighted by Crippen LogP contribution is -2.37. The third-order valence-electron chi connectivity index (χ3n) is 4.46. The number of aryl methyl sites for hydroxylation is 1. The quantitative estimate of drug-likeness (QED) is 0.668. The highest BCUT2D eigenvalue weighted by Gasteiger charge is 2.10. The standard InChI is InChI=1S/C20H27N3O3S/c1-16-22-18(15-27-16)14-26-19-6-4-17(5-7-19)20(24)21-8-2-3-9-23-10-12-25-13-11-23/h4-7,15H,2-3,8-14H2,1H3,(H,21,24). The molecule has 0 unspecified atom stereocenters. The van der Waals surface area contributed by atoms with Gasteiger partial charge >= 0.3 is 0 Å². The number of nitrogens with zero attached hydrogens (tertiary/aromatic N) is 2. The van der Waals surface area contributed by atoms with Gasteiger partial charge in [-0.25, -0.2) is 4.98 Å². The van der Waals surface area contributed by atoms with Crippen LogP contribution in [-0.4, -0.2) is 55.2 Å². The maximum absolute atomic E-state index is 12.2. The number of amides is 1. The molecule has 0 aliphatic carbocycles. The molecule has 146 valence electrons. The lowest BCUT2D eigenvalue weighted by Gasteiger charge is -2.26. The molecule has 2 aromatic rings. The van der Waals surface area contributed by atoms with Crippen LogP contribution in [0.1, 0.15) is 33.9 Å². The summed E-state index contributed by atoms with van der Waals surface area (Å²) in [4.78, 5) is 19.0. The molecule has 0 bridgehead atoms. The van der Waals surface area contributed by atoms with Gasteiger partial charge in [0.2, 0.25) is 0 Å². The zero-order chi connectivity index (χ0) is 18.9. The predicted octanol–water partition coefficient (Wildman–Crippen LogP) is 2.87. The van der Waals surface area contributed by atoms with Crippen molar-refractivity contribution in [1.29, 1.82) is 0 Å². The van der Waals surface area contributed by atoms with Crippen molar-refractivity contribution >= 4 is 17.2 Å². The zero-order valence-corrected chi connectivity index (χ0v) is 16.6. The summed E-state index contributed by atoms with van der Waals surface area (Å²) in [5, 5.41) is 6.01. The van der Waals surface area contributed by atoms with Crippen LogP contribution in [0.4, 0.5) is 0 Å². The molecule has 7 heteroatoms. The molecule has 0 radical (unpaired) electrons. The van der Waals surface area contributed by atoms with Gasteiger partial charge in [0.05, 0.1) is 23.9 Å². The highest BCUT2D eigenvalue weighted by atomic mass is 32.1. The van der Waals surface area contributed by atoms with Gasteiger partial charge in [-0.1, -0.05) is 0 Å². The number of carbonyl (C=O) groups is 1. The van der Waals surface area contributed by atoms with E-state index in [-0.39, 0.29) is 5.91 Å². The van der Waals surface area contributed by atoms with Gasteiger partial charge in [0, 0.05) is 30.6 Å². The fourth-order valence-corrected chi connectivity index (χ4v) is 3.52. The van der Waals surface area contributed by atoms with E-state index in [1.165, 1.54) is 0 Å². The summed E-state index contributed by atoms with van der Waals surface area (Å²) < 4.78 is 11.1. The van der Waals surface area contributed by atoms with Crippen LogP contribution in [0, 0.1) is 6.92 Å². The minimum absolute atomic E-state index is 0.0388. The van der Waals surface area contributed by atoms with Gasteiger partial charge in [-0.3, -0.25) is 9.69 Å². The first-order valence-corrected chi connectivity index (χ1v) is 10.3. The SMILES string of the molecule is Cc1nc(COc2ccc(C(=O)NCCCCN3CCOCC3)cc2)cs1. The fraction of sp³-hybridized carbons (Fsp3) is 0.500. The molecule has 1 aromatic heterocycles. The number of unbranched alkanes of at least 4 members (excludes halogenated alkanes) is 1. The highest BCUT2D eigenvalue weighted by Crippen LogP contribution is 2.15. The van der Waals surface area contributed by atoms with Gasteiger partial charge < -0.3 is 14.8 Å². The second kappa shape index (κ2) is 10.4. The molecule has 1 saturated heterocycles. The van der Waals surface area contributed by atoms with Crippen LogP contribution < -0.4 is 10.1 Å². The van der Waals surface area contributed by atoms with Crippen LogP contribution in [0.15, 0.2) is 29.6 Å². The van der Waals surface area contributed by atoms with E-state index in [0.29, 0.717) is 18.7 Å². The van der Waals surface area contributed by atoms with E-state index in [2.05, 4.69) is 15.2 Å². The Kier molecular flexibility index (Phi) is 7.62. The highest BCUT2D eigenvalue weighted by molar-refractivity contribution is 7.09. The maximum atomic E-state index is 12.2. The van der Waals surface area contributed by atoms with Crippen molar-refractivity contribution in [2.75, 3.05) is 39.4 Å². The minimum Gasteiger partial charge on any atom is -0.487 e. The van der Waals surface area contributed by atoms with Gasteiger partial charge in [0.1, 0.15) is 12.4 Å². The van der Waals surface area contributed by atoms with Crippen LogP contribution in [-0.2, 0) is 11.3 Å². The van der Waals surface area contributed by atoms with Crippen molar-refractivity contribution in [2.45, 2.75) is 26.4 Å². The van der Waals surface area contributed by atoms with E-state index in [9.17, 15) is 4.79 Å². The molecule has 1 fully saturated rings. The van der Waals surface area contributed by atoms with Gasteiger partial charge in [0.15, 0.2) is 0 Å². The average molecular weight is 390 g/mol. The van der Waals surface area contributed by atoms with Crippen molar-refractivity contribution < 1.29 is 14.3 Å². The lowest BCUT2D eigenvalue weighted by molar-refractivity contribution is 0.0372. The van der Waals surface area contributed by atoms with Gasteiger partial charge in [-0.2, -0.15) is 0 Å². The normalized spacial score (nSPS) is 14.9. The topological polar surface area (TPSA) is 63.7 Å². The number of carbonyl (C=O) groups excluding carboxylic acids is 1. The summed E-state index contributed by atoms with van der Waals surface area (Å²) in [5.74, 6) is 0.700. The predicted molar refractivity (Wildman–Crippen MR) is 106 cm³/mol.